The van der Waals surface area contributed by atoms with E-state index < -0.39 is 34.6 Å². The van der Waals surface area contributed by atoms with Crippen molar-refractivity contribution < 1.29 is 38.9 Å². The van der Waals surface area contributed by atoms with Gasteiger partial charge >= 0.3 is 17.9 Å². The first-order chi connectivity index (χ1) is 19.1. The number of carboxylic acids is 2. The lowest BCUT2D eigenvalue weighted by atomic mass is 10.0. The Balaban J connectivity index is 1.56. The fraction of sp³-hybridized carbons (Fsp3) is 0.207. The number of ether oxygens (including phenoxy) is 1. The molecule has 0 aliphatic heterocycles. The molecule has 208 valence electrons. The molecule has 1 unspecified atom stereocenters. The molecular formula is C29H28N2O8S. The highest BCUT2D eigenvalue weighted by Gasteiger charge is 2.20. The van der Waals surface area contributed by atoms with Gasteiger partial charge in [0, 0.05) is 16.3 Å². The number of esters is 1. The molecule has 40 heavy (non-hydrogen) atoms. The predicted octanol–water partition coefficient (Wildman–Crippen LogP) is 5.41. The van der Waals surface area contributed by atoms with Crippen molar-refractivity contribution >= 4 is 52.9 Å². The normalized spacial score (nSPS) is 11.2. The zero-order valence-corrected chi connectivity index (χ0v) is 22.6. The second kappa shape index (κ2) is 13.9. The molecule has 3 rings (SSSR count). The third-order valence-corrected chi connectivity index (χ3v) is 6.77. The number of carboxylic acid groups (broad SMARTS) is 2. The van der Waals surface area contributed by atoms with Gasteiger partial charge in [-0.2, -0.15) is 0 Å². The van der Waals surface area contributed by atoms with Crippen LogP contribution >= 0.6 is 11.8 Å². The molecule has 0 aliphatic rings. The van der Waals surface area contributed by atoms with Gasteiger partial charge in [0.25, 0.3) is 5.91 Å². The molecule has 0 saturated carbocycles. The van der Waals surface area contributed by atoms with Gasteiger partial charge in [0.05, 0.1) is 34.1 Å². The van der Waals surface area contributed by atoms with Crippen LogP contribution in [0.4, 0.5) is 11.4 Å². The number of aromatic carboxylic acids is 2. The van der Waals surface area contributed by atoms with Crippen LogP contribution in [0.15, 0.2) is 71.6 Å². The highest BCUT2D eigenvalue weighted by molar-refractivity contribution is 8.00. The fourth-order valence-corrected chi connectivity index (χ4v) is 4.32. The standard InChI is InChI=1S/C29H28N2O8S/c1-3-4-15-39-29(38)18-5-8-20(9-6-18)30-25(32)17(2)40-22-12-10-21(11-13-22)31-26(33)23-14-7-19(27(34)35)16-24(23)28(36)37/h5-14,16-17H,3-4,15H2,1-2H3,(H,30,32)(H,31,33)(H,34,35)(H,36,37). The monoisotopic (exact) mass is 564 g/mol. The molecule has 0 aromatic heterocycles. The van der Waals surface area contributed by atoms with Gasteiger partial charge in [0.1, 0.15) is 0 Å². The van der Waals surface area contributed by atoms with Crippen molar-refractivity contribution in [1.82, 2.24) is 0 Å². The quantitative estimate of drug-likeness (QED) is 0.128. The number of hydrogen-bond donors (Lipinski definition) is 4. The molecule has 0 fully saturated rings. The molecular weight excluding hydrogens is 536 g/mol. The summed E-state index contributed by atoms with van der Waals surface area (Å²) in [6.45, 7) is 4.11. The van der Waals surface area contributed by atoms with Crippen LogP contribution in [0, 0.1) is 0 Å². The van der Waals surface area contributed by atoms with Crippen molar-refractivity contribution in [3.8, 4) is 0 Å². The number of unbranched alkanes of at least 4 members (excludes halogenated alkanes) is 1. The first-order valence-electron chi connectivity index (χ1n) is 12.4. The first kappa shape index (κ1) is 29.9. The second-order valence-electron chi connectivity index (χ2n) is 8.67. The minimum Gasteiger partial charge on any atom is -0.478 e. The average Bonchev–Trinajstić information content (AvgIpc) is 2.94. The number of anilines is 2. The SMILES string of the molecule is CCCCOC(=O)c1ccc(NC(=O)C(C)Sc2ccc(NC(=O)c3ccc(C(=O)O)cc3C(=O)O)cc2)cc1. The van der Waals surface area contributed by atoms with Crippen LogP contribution in [0.2, 0.25) is 0 Å². The van der Waals surface area contributed by atoms with Crippen LogP contribution in [-0.4, -0.2) is 51.8 Å². The van der Waals surface area contributed by atoms with Crippen LogP contribution in [0.3, 0.4) is 0 Å². The molecule has 0 heterocycles. The summed E-state index contributed by atoms with van der Waals surface area (Å²) in [4.78, 5) is 60.8. The van der Waals surface area contributed by atoms with Gasteiger partial charge in [-0.3, -0.25) is 9.59 Å². The van der Waals surface area contributed by atoms with Gasteiger partial charge in [-0.25, -0.2) is 14.4 Å². The molecule has 3 aromatic carbocycles. The molecule has 0 aliphatic carbocycles. The van der Waals surface area contributed by atoms with Crippen molar-refractivity contribution in [3.05, 3.63) is 89.0 Å². The van der Waals surface area contributed by atoms with Gasteiger partial charge in [-0.05, 0) is 80.1 Å². The van der Waals surface area contributed by atoms with Gasteiger partial charge in [0.15, 0.2) is 0 Å². The van der Waals surface area contributed by atoms with E-state index in [1.54, 1.807) is 55.5 Å². The first-order valence-corrected chi connectivity index (χ1v) is 13.2. The zero-order chi connectivity index (χ0) is 29.2. The van der Waals surface area contributed by atoms with E-state index in [2.05, 4.69) is 10.6 Å². The summed E-state index contributed by atoms with van der Waals surface area (Å²) in [6, 6.07) is 16.3. The van der Waals surface area contributed by atoms with Crippen LogP contribution in [-0.2, 0) is 9.53 Å². The molecule has 2 amide bonds. The highest BCUT2D eigenvalue weighted by atomic mass is 32.2. The fourth-order valence-electron chi connectivity index (χ4n) is 3.45. The number of benzene rings is 3. The molecule has 0 saturated heterocycles. The molecule has 4 N–H and O–H groups in total. The number of hydrogen-bond acceptors (Lipinski definition) is 7. The predicted molar refractivity (Wildman–Crippen MR) is 150 cm³/mol. The lowest BCUT2D eigenvalue weighted by Gasteiger charge is -2.13. The number of carbonyl (C=O) groups excluding carboxylic acids is 3. The number of thioether (sulfide) groups is 1. The maximum Gasteiger partial charge on any atom is 0.338 e. The maximum absolute atomic E-state index is 12.7. The van der Waals surface area contributed by atoms with Crippen molar-refractivity contribution in [2.24, 2.45) is 0 Å². The summed E-state index contributed by atoms with van der Waals surface area (Å²) >= 11 is 1.29. The van der Waals surface area contributed by atoms with Gasteiger partial charge in [-0.15, -0.1) is 11.8 Å². The molecule has 0 radical (unpaired) electrons. The largest absolute Gasteiger partial charge is 0.478 e. The molecule has 10 nitrogen and oxygen atoms in total. The van der Waals surface area contributed by atoms with E-state index >= 15 is 0 Å². The second-order valence-corrected chi connectivity index (χ2v) is 10.1. The molecule has 1 atom stereocenters. The van der Waals surface area contributed by atoms with Crippen LogP contribution in [0.5, 0.6) is 0 Å². The molecule has 3 aromatic rings. The van der Waals surface area contributed by atoms with Crippen molar-refractivity contribution in [2.45, 2.75) is 36.8 Å². The van der Waals surface area contributed by atoms with Gasteiger partial charge < -0.3 is 25.6 Å². The van der Waals surface area contributed by atoms with E-state index in [0.29, 0.717) is 23.5 Å². The van der Waals surface area contributed by atoms with Crippen molar-refractivity contribution in [3.63, 3.8) is 0 Å². The summed E-state index contributed by atoms with van der Waals surface area (Å²) in [6.07, 6.45) is 1.72. The molecule has 11 heteroatoms. The number of carbonyl (C=O) groups is 5. The van der Waals surface area contributed by atoms with E-state index in [1.165, 1.54) is 11.8 Å². The Labute approximate surface area is 234 Å². The minimum atomic E-state index is -1.42. The summed E-state index contributed by atoms with van der Waals surface area (Å²) in [5, 5.41) is 23.4. The molecule has 0 spiro atoms. The Bertz CT molecular complexity index is 1400. The summed E-state index contributed by atoms with van der Waals surface area (Å²) in [5.74, 6) is -4.08. The lowest BCUT2D eigenvalue weighted by molar-refractivity contribution is -0.115. The highest BCUT2D eigenvalue weighted by Crippen LogP contribution is 2.26. The topological polar surface area (TPSA) is 159 Å². The number of nitrogens with one attached hydrogen (secondary N) is 2. The van der Waals surface area contributed by atoms with Crippen molar-refractivity contribution in [1.29, 1.82) is 0 Å². The Morgan fingerprint density at radius 1 is 0.800 bits per heavy atom. The van der Waals surface area contributed by atoms with Crippen LogP contribution < -0.4 is 10.6 Å². The number of amides is 2. The summed E-state index contributed by atoms with van der Waals surface area (Å²) in [7, 11) is 0. The minimum absolute atomic E-state index is 0.178. The Hall–Kier alpha value is -4.64. The lowest BCUT2D eigenvalue weighted by Crippen LogP contribution is -2.22. The smallest absolute Gasteiger partial charge is 0.338 e. The average molecular weight is 565 g/mol. The Kier molecular flexibility index (Phi) is 10.4. The maximum atomic E-state index is 12.7. The summed E-state index contributed by atoms with van der Waals surface area (Å²) < 4.78 is 5.18. The third kappa shape index (κ3) is 8.18. The van der Waals surface area contributed by atoms with E-state index in [0.717, 1.165) is 35.9 Å². The third-order valence-electron chi connectivity index (χ3n) is 5.66. The van der Waals surface area contributed by atoms with E-state index in [1.807, 2.05) is 6.92 Å². The van der Waals surface area contributed by atoms with Crippen LogP contribution in [0.1, 0.15) is 68.1 Å². The van der Waals surface area contributed by atoms with E-state index in [-0.39, 0.29) is 17.0 Å². The van der Waals surface area contributed by atoms with Gasteiger partial charge in [0.2, 0.25) is 5.91 Å². The Morgan fingerprint density at radius 3 is 2.00 bits per heavy atom. The zero-order valence-electron chi connectivity index (χ0n) is 21.8. The van der Waals surface area contributed by atoms with E-state index in [4.69, 9.17) is 9.84 Å². The molecule has 0 bridgehead atoms. The number of rotatable bonds is 12. The summed E-state index contributed by atoms with van der Waals surface area (Å²) in [5.41, 5.74) is 0.484. The van der Waals surface area contributed by atoms with Crippen LogP contribution in [0.25, 0.3) is 0 Å². The van der Waals surface area contributed by atoms with E-state index in [9.17, 15) is 29.1 Å². The van der Waals surface area contributed by atoms with Gasteiger partial charge in [-0.1, -0.05) is 13.3 Å². The Morgan fingerprint density at radius 2 is 1.40 bits per heavy atom. The van der Waals surface area contributed by atoms with Crippen molar-refractivity contribution in [2.75, 3.05) is 17.2 Å².